The summed E-state index contributed by atoms with van der Waals surface area (Å²) in [4.78, 5) is 1.31. The van der Waals surface area contributed by atoms with E-state index in [1.54, 1.807) is 0 Å². The summed E-state index contributed by atoms with van der Waals surface area (Å²) in [5.41, 5.74) is 1.33. The van der Waals surface area contributed by atoms with Gasteiger partial charge in [-0.15, -0.1) is 11.8 Å². The number of benzene rings is 1. The summed E-state index contributed by atoms with van der Waals surface area (Å²) < 4.78 is 1.45. The molecule has 0 spiro atoms. The second kappa shape index (κ2) is 6.97. The van der Waals surface area contributed by atoms with Gasteiger partial charge in [0, 0.05) is 20.7 Å². The van der Waals surface area contributed by atoms with E-state index in [-0.39, 0.29) is 4.75 Å². The Balaban J connectivity index is 2.62. The van der Waals surface area contributed by atoms with Crippen molar-refractivity contribution in [1.82, 2.24) is 5.32 Å². The van der Waals surface area contributed by atoms with Crippen LogP contribution < -0.4 is 5.32 Å². The van der Waals surface area contributed by atoms with Gasteiger partial charge in [0.2, 0.25) is 0 Å². The average Bonchev–Trinajstić information content (AvgIpc) is 2.19. The fourth-order valence-corrected chi connectivity index (χ4v) is 3.19. The highest BCUT2D eigenvalue weighted by atomic mass is 79.9. The van der Waals surface area contributed by atoms with Gasteiger partial charge in [0.1, 0.15) is 0 Å². The lowest BCUT2D eigenvalue weighted by Crippen LogP contribution is -2.18. The largest absolute Gasteiger partial charge is 0.312 e. The van der Waals surface area contributed by atoms with Crippen LogP contribution in [0, 0.1) is 5.92 Å². The quantitative estimate of drug-likeness (QED) is 0.755. The van der Waals surface area contributed by atoms with E-state index >= 15 is 0 Å². The highest BCUT2D eigenvalue weighted by Crippen LogP contribution is 2.36. The van der Waals surface area contributed by atoms with Crippen LogP contribution in [0.3, 0.4) is 0 Å². The second-order valence-corrected chi connectivity index (χ2v) is 8.73. The van der Waals surface area contributed by atoms with E-state index in [0.717, 1.165) is 13.1 Å². The number of thioether (sulfide) groups is 1. The zero-order valence-electron chi connectivity index (χ0n) is 12.0. The Labute approximate surface area is 124 Å². The van der Waals surface area contributed by atoms with E-state index < -0.39 is 0 Å². The van der Waals surface area contributed by atoms with Crippen molar-refractivity contribution in [2.24, 2.45) is 5.92 Å². The van der Waals surface area contributed by atoms with Crippen LogP contribution in [0.5, 0.6) is 0 Å². The molecule has 102 valence electrons. The zero-order valence-corrected chi connectivity index (χ0v) is 14.4. The lowest BCUT2D eigenvalue weighted by Gasteiger charge is -2.19. The fourth-order valence-electron chi connectivity index (χ4n) is 1.57. The van der Waals surface area contributed by atoms with Crippen LogP contribution in [-0.4, -0.2) is 11.3 Å². The topological polar surface area (TPSA) is 12.0 Å². The minimum Gasteiger partial charge on any atom is -0.312 e. The van der Waals surface area contributed by atoms with Gasteiger partial charge < -0.3 is 5.32 Å². The molecule has 0 atom stereocenters. The molecule has 0 saturated carbocycles. The van der Waals surface area contributed by atoms with Crippen LogP contribution in [0.1, 0.15) is 40.2 Å². The van der Waals surface area contributed by atoms with E-state index in [9.17, 15) is 0 Å². The Morgan fingerprint density at radius 2 is 1.94 bits per heavy atom. The number of halogens is 1. The van der Waals surface area contributed by atoms with Crippen molar-refractivity contribution in [2.45, 2.75) is 50.8 Å². The molecule has 0 heterocycles. The first-order chi connectivity index (χ1) is 8.28. The van der Waals surface area contributed by atoms with Crippen molar-refractivity contribution >= 4 is 27.7 Å². The van der Waals surface area contributed by atoms with Crippen LogP contribution in [0.2, 0.25) is 0 Å². The second-order valence-electron chi connectivity index (χ2n) is 6.00. The maximum Gasteiger partial charge on any atom is 0.0314 e. The van der Waals surface area contributed by atoms with Gasteiger partial charge >= 0.3 is 0 Å². The standard InChI is InChI=1S/C15H24BrNS/c1-11(2)9-17-10-12-6-7-14(13(16)8-12)18-15(3,4)5/h6-8,11,17H,9-10H2,1-5H3. The molecular weight excluding hydrogens is 306 g/mol. The Hall–Kier alpha value is 0.01000. The fraction of sp³-hybridized carbons (Fsp3) is 0.600. The average molecular weight is 330 g/mol. The SMILES string of the molecule is CC(C)CNCc1ccc(SC(C)(C)C)c(Br)c1. The molecule has 3 heteroatoms. The molecule has 0 bridgehead atoms. The highest BCUT2D eigenvalue weighted by Gasteiger charge is 2.14. The summed E-state index contributed by atoms with van der Waals surface area (Å²) >= 11 is 5.57. The summed E-state index contributed by atoms with van der Waals surface area (Å²) in [6.45, 7) is 13.2. The monoisotopic (exact) mass is 329 g/mol. The summed E-state index contributed by atoms with van der Waals surface area (Å²) in [5.74, 6) is 0.698. The zero-order chi connectivity index (χ0) is 13.8. The predicted octanol–water partition coefficient (Wildman–Crippen LogP) is 5.09. The maximum atomic E-state index is 3.67. The first-order valence-corrected chi connectivity index (χ1v) is 8.07. The predicted molar refractivity (Wildman–Crippen MR) is 86.3 cm³/mol. The molecule has 0 unspecified atom stereocenters. The molecule has 0 saturated heterocycles. The van der Waals surface area contributed by atoms with Crippen molar-refractivity contribution in [3.63, 3.8) is 0 Å². The minimum absolute atomic E-state index is 0.250. The molecule has 0 aromatic heterocycles. The third-order valence-corrected chi connectivity index (χ3v) is 4.40. The van der Waals surface area contributed by atoms with Crippen molar-refractivity contribution in [2.75, 3.05) is 6.54 Å². The molecule has 0 aliphatic carbocycles. The summed E-state index contributed by atoms with van der Waals surface area (Å²) in [5, 5.41) is 3.47. The third kappa shape index (κ3) is 6.26. The molecule has 0 amide bonds. The highest BCUT2D eigenvalue weighted by molar-refractivity contribution is 9.10. The molecule has 1 rings (SSSR count). The van der Waals surface area contributed by atoms with Gasteiger partial charge in [-0.25, -0.2) is 0 Å². The van der Waals surface area contributed by atoms with Gasteiger partial charge in [0.15, 0.2) is 0 Å². The van der Waals surface area contributed by atoms with Crippen LogP contribution in [0.4, 0.5) is 0 Å². The molecule has 1 aromatic carbocycles. The smallest absolute Gasteiger partial charge is 0.0314 e. The number of hydrogen-bond acceptors (Lipinski definition) is 2. The molecule has 1 nitrogen and oxygen atoms in total. The molecule has 0 radical (unpaired) electrons. The van der Waals surface area contributed by atoms with Crippen molar-refractivity contribution < 1.29 is 0 Å². The first-order valence-electron chi connectivity index (χ1n) is 6.46. The molecular formula is C15H24BrNS. The lowest BCUT2D eigenvalue weighted by atomic mass is 10.2. The van der Waals surface area contributed by atoms with Gasteiger partial charge in [-0.05, 0) is 46.1 Å². The van der Waals surface area contributed by atoms with Crippen LogP contribution in [0.15, 0.2) is 27.6 Å². The van der Waals surface area contributed by atoms with Crippen molar-refractivity contribution in [3.05, 3.63) is 28.2 Å². The normalized spacial score (nSPS) is 12.2. The number of rotatable bonds is 5. The minimum atomic E-state index is 0.250. The first kappa shape index (κ1) is 16.1. The molecule has 0 fully saturated rings. The van der Waals surface area contributed by atoms with Crippen LogP contribution in [-0.2, 0) is 6.54 Å². The Morgan fingerprint density at radius 1 is 1.28 bits per heavy atom. The molecule has 1 N–H and O–H groups in total. The van der Waals surface area contributed by atoms with E-state index in [0.29, 0.717) is 5.92 Å². The summed E-state index contributed by atoms with van der Waals surface area (Å²) in [6.07, 6.45) is 0. The van der Waals surface area contributed by atoms with Crippen LogP contribution >= 0.6 is 27.7 Å². The lowest BCUT2D eigenvalue weighted by molar-refractivity contribution is 0.552. The summed E-state index contributed by atoms with van der Waals surface area (Å²) in [7, 11) is 0. The van der Waals surface area contributed by atoms with E-state index in [1.807, 2.05) is 11.8 Å². The van der Waals surface area contributed by atoms with E-state index in [4.69, 9.17) is 0 Å². The third-order valence-electron chi connectivity index (χ3n) is 2.29. The Morgan fingerprint density at radius 3 is 2.44 bits per heavy atom. The molecule has 18 heavy (non-hydrogen) atoms. The van der Waals surface area contributed by atoms with E-state index in [1.165, 1.54) is 14.9 Å². The molecule has 1 aromatic rings. The Kier molecular flexibility index (Phi) is 6.22. The maximum absolute atomic E-state index is 3.67. The number of hydrogen-bond donors (Lipinski definition) is 1. The van der Waals surface area contributed by atoms with Crippen molar-refractivity contribution in [3.8, 4) is 0 Å². The van der Waals surface area contributed by atoms with Crippen LogP contribution in [0.25, 0.3) is 0 Å². The molecule has 0 aliphatic rings. The van der Waals surface area contributed by atoms with Gasteiger partial charge in [-0.3, -0.25) is 0 Å². The summed E-state index contributed by atoms with van der Waals surface area (Å²) in [6, 6.07) is 6.65. The van der Waals surface area contributed by atoms with Gasteiger partial charge in [-0.1, -0.05) is 40.7 Å². The van der Waals surface area contributed by atoms with Gasteiger partial charge in [0.05, 0.1) is 0 Å². The Bertz CT molecular complexity index is 383. The van der Waals surface area contributed by atoms with Gasteiger partial charge in [-0.2, -0.15) is 0 Å². The van der Waals surface area contributed by atoms with Crippen molar-refractivity contribution in [1.29, 1.82) is 0 Å². The number of nitrogens with one attached hydrogen (secondary N) is 1. The molecule has 0 aliphatic heterocycles. The van der Waals surface area contributed by atoms with E-state index in [2.05, 4.69) is 74.1 Å². The van der Waals surface area contributed by atoms with Gasteiger partial charge in [0.25, 0.3) is 0 Å².